The van der Waals surface area contributed by atoms with Crippen LogP contribution in [0.3, 0.4) is 0 Å². The second kappa shape index (κ2) is 6.05. The Morgan fingerprint density at radius 3 is 2.62 bits per heavy atom. The molecular weight excluding hydrogens is 158 g/mol. The maximum Gasteiger partial charge on any atom is 0.00982 e. The van der Waals surface area contributed by atoms with E-state index in [9.17, 15) is 0 Å². The number of likely N-dealkylation sites (tertiary alicyclic amines) is 1. The normalized spacial score (nSPS) is 20.0. The van der Waals surface area contributed by atoms with Crippen LogP contribution in [0.4, 0.5) is 0 Å². The van der Waals surface area contributed by atoms with E-state index in [2.05, 4.69) is 17.7 Å². The molecule has 0 bridgehead atoms. The van der Waals surface area contributed by atoms with Crippen LogP contribution in [0.25, 0.3) is 0 Å². The highest BCUT2D eigenvalue weighted by Crippen LogP contribution is 2.19. The van der Waals surface area contributed by atoms with Crippen molar-refractivity contribution >= 4 is 0 Å². The predicted molar refractivity (Wildman–Crippen MR) is 57.5 cm³/mol. The second-order valence-electron chi connectivity index (χ2n) is 4.00. The van der Waals surface area contributed by atoms with E-state index in [1.54, 1.807) is 0 Å². The van der Waals surface area contributed by atoms with Crippen molar-refractivity contribution in [3.8, 4) is 12.3 Å². The third-order valence-corrected chi connectivity index (χ3v) is 3.08. The molecule has 0 N–H and O–H groups in total. The van der Waals surface area contributed by atoms with Gasteiger partial charge in [0.05, 0.1) is 0 Å². The highest BCUT2D eigenvalue weighted by molar-refractivity contribution is 4.83. The number of hydrogen-bond acceptors (Lipinski definition) is 1. The van der Waals surface area contributed by atoms with E-state index in [-0.39, 0.29) is 0 Å². The maximum atomic E-state index is 5.22. The van der Waals surface area contributed by atoms with Crippen LogP contribution in [0.5, 0.6) is 0 Å². The van der Waals surface area contributed by atoms with Crippen LogP contribution >= 0.6 is 0 Å². The molecule has 1 aliphatic heterocycles. The molecular formula is C12H21N. The minimum absolute atomic E-state index is 0.938. The maximum absolute atomic E-state index is 5.22. The number of piperidine rings is 1. The largest absolute Gasteiger partial charge is 0.303 e. The Morgan fingerprint density at radius 2 is 2.08 bits per heavy atom. The van der Waals surface area contributed by atoms with E-state index in [1.165, 1.54) is 45.3 Å². The summed E-state index contributed by atoms with van der Waals surface area (Å²) in [6.07, 6.45) is 11.5. The van der Waals surface area contributed by atoms with Crippen LogP contribution in [-0.4, -0.2) is 24.5 Å². The van der Waals surface area contributed by atoms with Gasteiger partial charge in [-0.25, -0.2) is 0 Å². The molecule has 0 radical (unpaired) electrons. The number of terminal acetylenes is 1. The Morgan fingerprint density at radius 1 is 1.38 bits per heavy atom. The number of nitrogens with zero attached hydrogens (tertiary/aromatic N) is 1. The van der Waals surface area contributed by atoms with Gasteiger partial charge in [-0.2, -0.15) is 0 Å². The number of unbranched alkanes of at least 4 members (excludes halogenated alkanes) is 1. The van der Waals surface area contributed by atoms with Crippen molar-refractivity contribution in [2.24, 2.45) is 5.92 Å². The van der Waals surface area contributed by atoms with Crippen molar-refractivity contribution in [1.29, 1.82) is 0 Å². The topological polar surface area (TPSA) is 3.24 Å². The van der Waals surface area contributed by atoms with Gasteiger partial charge < -0.3 is 4.90 Å². The molecule has 13 heavy (non-hydrogen) atoms. The molecule has 1 heteroatoms. The second-order valence-corrected chi connectivity index (χ2v) is 4.00. The fourth-order valence-electron chi connectivity index (χ4n) is 2.02. The van der Waals surface area contributed by atoms with Crippen LogP contribution in [0.2, 0.25) is 0 Å². The van der Waals surface area contributed by atoms with Gasteiger partial charge in [0, 0.05) is 6.42 Å². The first-order valence-corrected chi connectivity index (χ1v) is 5.52. The quantitative estimate of drug-likeness (QED) is 0.473. The lowest BCUT2D eigenvalue weighted by molar-refractivity contribution is 0.181. The van der Waals surface area contributed by atoms with Crippen molar-refractivity contribution in [3.63, 3.8) is 0 Å². The van der Waals surface area contributed by atoms with Gasteiger partial charge in [-0.1, -0.05) is 13.3 Å². The molecule has 0 unspecified atom stereocenters. The molecule has 0 atom stereocenters. The summed E-state index contributed by atoms with van der Waals surface area (Å²) in [7, 11) is 0. The zero-order chi connectivity index (χ0) is 9.52. The molecule has 1 fully saturated rings. The first kappa shape index (κ1) is 10.6. The monoisotopic (exact) mass is 179 g/mol. The van der Waals surface area contributed by atoms with Gasteiger partial charge in [0.2, 0.25) is 0 Å². The van der Waals surface area contributed by atoms with E-state index in [1.807, 2.05) is 0 Å². The number of hydrogen-bond donors (Lipinski definition) is 0. The lowest BCUT2D eigenvalue weighted by Crippen LogP contribution is -2.34. The standard InChI is InChI=1S/C12H21N/c1-3-5-6-9-13-10-7-12(4-2)8-11-13/h1,12H,4-11H2,2H3. The summed E-state index contributed by atoms with van der Waals surface area (Å²) in [6, 6.07) is 0. The summed E-state index contributed by atoms with van der Waals surface area (Å²) in [6.45, 7) is 6.10. The Labute approximate surface area is 82.5 Å². The van der Waals surface area contributed by atoms with Crippen LogP contribution in [0.15, 0.2) is 0 Å². The molecule has 0 aromatic carbocycles. The predicted octanol–water partition coefficient (Wildman–Crippen LogP) is 2.52. The minimum Gasteiger partial charge on any atom is -0.303 e. The molecule has 1 heterocycles. The third-order valence-electron chi connectivity index (χ3n) is 3.08. The van der Waals surface area contributed by atoms with Crippen LogP contribution in [0, 0.1) is 18.3 Å². The summed E-state index contributed by atoms with van der Waals surface area (Å²) < 4.78 is 0. The van der Waals surface area contributed by atoms with E-state index in [0.717, 1.165) is 12.3 Å². The first-order valence-electron chi connectivity index (χ1n) is 5.52. The highest BCUT2D eigenvalue weighted by atomic mass is 15.1. The van der Waals surface area contributed by atoms with Crippen molar-refractivity contribution in [2.45, 2.75) is 39.0 Å². The van der Waals surface area contributed by atoms with Crippen molar-refractivity contribution in [2.75, 3.05) is 19.6 Å². The fourth-order valence-corrected chi connectivity index (χ4v) is 2.02. The van der Waals surface area contributed by atoms with Gasteiger partial charge in [-0.15, -0.1) is 12.3 Å². The third kappa shape index (κ3) is 3.83. The molecule has 0 spiro atoms. The molecule has 0 saturated carbocycles. The SMILES string of the molecule is C#CCCCN1CCC(CC)CC1. The van der Waals surface area contributed by atoms with Crippen LogP contribution in [-0.2, 0) is 0 Å². The molecule has 0 aromatic rings. The van der Waals surface area contributed by atoms with Crippen molar-refractivity contribution < 1.29 is 0 Å². The van der Waals surface area contributed by atoms with Crippen molar-refractivity contribution in [3.05, 3.63) is 0 Å². The van der Waals surface area contributed by atoms with Crippen LogP contribution < -0.4 is 0 Å². The average molecular weight is 179 g/mol. The van der Waals surface area contributed by atoms with Gasteiger partial charge in [0.1, 0.15) is 0 Å². The van der Waals surface area contributed by atoms with Gasteiger partial charge in [-0.05, 0) is 44.8 Å². The van der Waals surface area contributed by atoms with Crippen molar-refractivity contribution in [1.82, 2.24) is 4.90 Å². The minimum atomic E-state index is 0.938. The number of rotatable bonds is 4. The van der Waals surface area contributed by atoms with Gasteiger partial charge in [0.25, 0.3) is 0 Å². The average Bonchev–Trinajstić information content (AvgIpc) is 2.19. The zero-order valence-corrected chi connectivity index (χ0v) is 8.76. The molecule has 1 aliphatic rings. The zero-order valence-electron chi connectivity index (χ0n) is 8.76. The first-order chi connectivity index (χ1) is 6.36. The van der Waals surface area contributed by atoms with E-state index in [0.29, 0.717) is 0 Å². The molecule has 74 valence electrons. The fraction of sp³-hybridized carbons (Fsp3) is 0.833. The molecule has 1 rings (SSSR count). The summed E-state index contributed by atoms with van der Waals surface area (Å²) in [5.74, 6) is 3.69. The van der Waals surface area contributed by atoms with Gasteiger partial charge >= 0.3 is 0 Å². The molecule has 0 aliphatic carbocycles. The Bertz CT molecular complexity index is 160. The van der Waals surface area contributed by atoms with E-state index >= 15 is 0 Å². The summed E-state index contributed by atoms with van der Waals surface area (Å²) >= 11 is 0. The Kier molecular flexibility index (Phi) is 4.93. The smallest absolute Gasteiger partial charge is 0.00982 e. The summed E-state index contributed by atoms with van der Waals surface area (Å²) in [4.78, 5) is 2.56. The lowest BCUT2D eigenvalue weighted by atomic mass is 9.94. The van der Waals surface area contributed by atoms with E-state index < -0.39 is 0 Å². The molecule has 1 nitrogen and oxygen atoms in total. The Hall–Kier alpha value is -0.480. The molecule has 0 aromatic heterocycles. The summed E-state index contributed by atoms with van der Waals surface area (Å²) in [5.41, 5.74) is 0. The van der Waals surface area contributed by atoms with E-state index in [4.69, 9.17) is 6.42 Å². The van der Waals surface area contributed by atoms with Crippen LogP contribution in [0.1, 0.15) is 39.0 Å². The summed E-state index contributed by atoms with van der Waals surface area (Å²) in [5, 5.41) is 0. The molecule has 0 amide bonds. The highest BCUT2D eigenvalue weighted by Gasteiger charge is 2.16. The molecule has 1 saturated heterocycles. The Balaban J connectivity index is 2.07. The lowest BCUT2D eigenvalue weighted by Gasteiger charge is -2.31. The van der Waals surface area contributed by atoms with Gasteiger partial charge in [0.15, 0.2) is 0 Å². The van der Waals surface area contributed by atoms with Gasteiger partial charge in [-0.3, -0.25) is 0 Å².